The van der Waals surface area contributed by atoms with Crippen LogP contribution in [-0.2, 0) is 21.4 Å². The second-order valence-corrected chi connectivity index (χ2v) is 8.31. The molecule has 2 aromatic carbocycles. The van der Waals surface area contributed by atoms with Crippen molar-refractivity contribution in [2.75, 3.05) is 19.7 Å². The summed E-state index contributed by atoms with van der Waals surface area (Å²) < 4.78 is 27.6. The monoisotopic (exact) mass is 440 g/mol. The highest BCUT2D eigenvalue weighted by atomic mass is 79.9. The number of nitrogens with one attached hydrogen (secondary N) is 1. The van der Waals surface area contributed by atoms with Gasteiger partial charge in [0, 0.05) is 30.5 Å². The van der Waals surface area contributed by atoms with E-state index < -0.39 is 10.0 Å². The highest BCUT2D eigenvalue weighted by Gasteiger charge is 2.17. The van der Waals surface area contributed by atoms with Gasteiger partial charge in [0.05, 0.1) is 11.5 Å². The fourth-order valence-corrected chi connectivity index (χ4v) is 4.01. The average molecular weight is 441 g/mol. The number of rotatable bonds is 9. The van der Waals surface area contributed by atoms with Gasteiger partial charge in [-0.3, -0.25) is 4.79 Å². The average Bonchev–Trinajstić information content (AvgIpc) is 2.62. The fourth-order valence-electron chi connectivity index (χ4n) is 2.38. The lowest BCUT2D eigenvalue weighted by Gasteiger charge is -2.22. The van der Waals surface area contributed by atoms with E-state index in [0.717, 1.165) is 5.56 Å². The Bertz CT molecular complexity index is 828. The van der Waals surface area contributed by atoms with Crippen molar-refractivity contribution in [3.05, 3.63) is 64.6 Å². The molecule has 2 aromatic rings. The van der Waals surface area contributed by atoms with E-state index in [0.29, 0.717) is 11.0 Å². The molecule has 1 amide bonds. The van der Waals surface area contributed by atoms with E-state index >= 15 is 0 Å². The lowest BCUT2D eigenvalue weighted by Crippen LogP contribution is -2.36. The fraction of sp³-hybridized carbons (Fsp3) is 0.278. The van der Waals surface area contributed by atoms with Gasteiger partial charge in [-0.1, -0.05) is 52.3 Å². The second-order valence-electron chi connectivity index (χ2n) is 5.63. The molecule has 0 spiro atoms. The molecule has 6 nitrogen and oxygen atoms in total. The number of hydrogen-bond donors (Lipinski definition) is 2. The third-order valence-corrected chi connectivity index (χ3v) is 5.63. The SMILES string of the molecule is O=C(CCNS(=O)(=O)c1cccc(Br)c1)N(CCO)Cc1ccccc1. The molecule has 0 bridgehead atoms. The van der Waals surface area contributed by atoms with Gasteiger partial charge in [-0.2, -0.15) is 0 Å². The Morgan fingerprint density at radius 1 is 1.12 bits per heavy atom. The van der Waals surface area contributed by atoms with Gasteiger partial charge < -0.3 is 10.0 Å². The summed E-state index contributed by atoms with van der Waals surface area (Å²) in [7, 11) is -3.68. The molecule has 0 saturated heterocycles. The van der Waals surface area contributed by atoms with Gasteiger partial charge in [-0.15, -0.1) is 0 Å². The Balaban J connectivity index is 1.93. The molecule has 8 heteroatoms. The van der Waals surface area contributed by atoms with Crippen molar-refractivity contribution < 1.29 is 18.3 Å². The number of amides is 1. The minimum atomic E-state index is -3.68. The highest BCUT2D eigenvalue weighted by molar-refractivity contribution is 9.10. The van der Waals surface area contributed by atoms with Gasteiger partial charge >= 0.3 is 0 Å². The topological polar surface area (TPSA) is 86.7 Å². The third kappa shape index (κ3) is 6.21. The Hall–Kier alpha value is -1.74. The zero-order valence-corrected chi connectivity index (χ0v) is 16.5. The van der Waals surface area contributed by atoms with Crippen LogP contribution in [0.3, 0.4) is 0 Å². The summed E-state index contributed by atoms with van der Waals surface area (Å²) in [6, 6.07) is 15.8. The van der Waals surface area contributed by atoms with Crippen molar-refractivity contribution in [3.8, 4) is 0 Å². The van der Waals surface area contributed by atoms with Crippen molar-refractivity contribution >= 4 is 31.9 Å². The standard InChI is InChI=1S/C18H21BrN2O4S/c19-16-7-4-8-17(13-16)26(24,25)20-10-9-18(23)21(11-12-22)14-15-5-2-1-3-6-15/h1-8,13,20,22H,9-12,14H2. The van der Waals surface area contributed by atoms with Crippen LogP contribution < -0.4 is 4.72 Å². The maximum Gasteiger partial charge on any atom is 0.240 e. The Labute approximate surface area is 162 Å². The number of halogens is 1. The van der Waals surface area contributed by atoms with Crippen LogP contribution in [0.2, 0.25) is 0 Å². The molecular weight excluding hydrogens is 420 g/mol. The zero-order valence-electron chi connectivity index (χ0n) is 14.1. The molecule has 0 aliphatic heterocycles. The minimum Gasteiger partial charge on any atom is -0.395 e. The highest BCUT2D eigenvalue weighted by Crippen LogP contribution is 2.15. The Kier molecular flexibility index (Phi) is 7.77. The number of benzene rings is 2. The molecule has 26 heavy (non-hydrogen) atoms. The van der Waals surface area contributed by atoms with Crippen LogP contribution in [0.4, 0.5) is 0 Å². The van der Waals surface area contributed by atoms with Crippen LogP contribution in [-0.4, -0.2) is 44.0 Å². The summed E-state index contributed by atoms with van der Waals surface area (Å²) in [5.41, 5.74) is 0.948. The van der Waals surface area contributed by atoms with Crippen LogP contribution in [0.5, 0.6) is 0 Å². The van der Waals surface area contributed by atoms with E-state index in [4.69, 9.17) is 0 Å². The van der Waals surface area contributed by atoms with Gasteiger partial charge in [0.1, 0.15) is 0 Å². The minimum absolute atomic E-state index is 0.00953. The van der Waals surface area contributed by atoms with E-state index in [9.17, 15) is 18.3 Å². The first kappa shape index (κ1) is 20.6. The van der Waals surface area contributed by atoms with E-state index in [2.05, 4.69) is 20.7 Å². The quantitative estimate of drug-likeness (QED) is 0.625. The van der Waals surface area contributed by atoms with Gasteiger partial charge in [0.25, 0.3) is 0 Å². The summed E-state index contributed by atoms with van der Waals surface area (Å²) in [5.74, 6) is -0.222. The first-order valence-corrected chi connectivity index (χ1v) is 10.4. The number of carbonyl (C=O) groups excluding carboxylic acids is 1. The molecule has 0 heterocycles. The lowest BCUT2D eigenvalue weighted by atomic mass is 10.2. The Morgan fingerprint density at radius 3 is 2.50 bits per heavy atom. The maximum absolute atomic E-state index is 12.4. The molecule has 0 atom stereocenters. The molecule has 0 saturated carbocycles. The summed E-state index contributed by atoms with van der Waals surface area (Å²) in [6.45, 7) is 0.414. The van der Waals surface area contributed by atoms with Gasteiger partial charge in [-0.25, -0.2) is 13.1 Å². The summed E-state index contributed by atoms with van der Waals surface area (Å²) in [6.07, 6.45) is 0.0140. The van der Waals surface area contributed by atoms with E-state index in [1.807, 2.05) is 30.3 Å². The Morgan fingerprint density at radius 2 is 1.85 bits per heavy atom. The molecule has 0 fully saturated rings. The molecule has 0 aliphatic rings. The van der Waals surface area contributed by atoms with E-state index in [1.54, 1.807) is 12.1 Å². The molecule has 0 aliphatic carbocycles. The second kappa shape index (κ2) is 9.82. The number of nitrogens with zero attached hydrogens (tertiary/aromatic N) is 1. The number of aliphatic hydroxyl groups is 1. The molecule has 0 unspecified atom stereocenters. The van der Waals surface area contributed by atoms with Crippen molar-refractivity contribution in [2.45, 2.75) is 17.9 Å². The van der Waals surface area contributed by atoms with Crippen molar-refractivity contribution in [1.29, 1.82) is 0 Å². The van der Waals surface area contributed by atoms with Crippen LogP contribution in [0, 0.1) is 0 Å². The summed E-state index contributed by atoms with van der Waals surface area (Å²) >= 11 is 3.24. The van der Waals surface area contributed by atoms with Crippen LogP contribution in [0.25, 0.3) is 0 Å². The van der Waals surface area contributed by atoms with Crippen molar-refractivity contribution in [3.63, 3.8) is 0 Å². The normalized spacial score (nSPS) is 11.3. The van der Waals surface area contributed by atoms with E-state index in [-0.39, 0.29) is 36.9 Å². The molecular formula is C18H21BrN2O4S. The molecule has 0 radical (unpaired) electrons. The predicted molar refractivity (Wildman–Crippen MR) is 103 cm³/mol. The van der Waals surface area contributed by atoms with E-state index in [1.165, 1.54) is 17.0 Å². The predicted octanol–water partition coefficient (Wildman–Crippen LogP) is 2.14. The smallest absolute Gasteiger partial charge is 0.240 e. The van der Waals surface area contributed by atoms with Gasteiger partial charge in [-0.05, 0) is 23.8 Å². The van der Waals surface area contributed by atoms with Crippen LogP contribution >= 0.6 is 15.9 Å². The first-order valence-electron chi connectivity index (χ1n) is 8.10. The lowest BCUT2D eigenvalue weighted by molar-refractivity contribution is -0.132. The molecule has 2 N–H and O–H groups in total. The van der Waals surface area contributed by atoms with Crippen molar-refractivity contribution in [1.82, 2.24) is 9.62 Å². The first-order chi connectivity index (χ1) is 12.4. The molecule has 2 rings (SSSR count). The number of sulfonamides is 1. The maximum atomic E-state index is 12.4. The zero-order chi connectivity index (χ0) is 19.0. The number of carbonyl (C=O) groups is 1. The summed E-state index contributed by atoms with van der Waals surface area (Å²) in [4.78, 5) is 14.0. The summed E-state index contributed by atoms with van der Waals surface area (Å²) in [5, 5.41) is 9.18. The van der Waals surface area contributed by atoms with Gasteiger partial charge in [0.15, 0.2) is 0 Å². The molecule has 0 aromatic heterocycles. The van der Waals surface area contributed by atoms with Crippen molar-refractivity contribution in [2.24, 2.45) is 0 Å². The van der Waals surface area contributed by atoms with Crippen LogP contribution in [0.1, 0.15) is 12.0 Å². The van der Waals surface area contributed by atoms with Crippen LogP contribution in [0.15, 0.2) is 64.0 Å². The number of aliphatic hydroxyl groups excluding tert-OH is 1. The van der Waals surface area contributed by atoms with Gasteiger partial charge in [0.2, 0.25) is 15.9 Å². The largest absolute Gasteiger partial charge is 0.395 e. The number of hydrogen-bond acceptors (Lipinski definition) is 4. The third-order valence-electron chi connectivity index (χ3n) is 3.68. The molecule has 140 valence electrons.